The number of ether oxygens (including phenoxy) is 1. The van der Waals surface area contributed by atoms with Crippen LogP contribution in [-0.2, 0) is 19.6 Å². The molecule has 1 N–H and O–H groups in total. The van der Waals surface area contributed by atoms with Crippen molar-refractivity contribution in [1.82, 2.24) is 9.62 Å². The highest BCUT2D eigenvalue weighted by atomic mass is 79.9. The molecule has 1 aromatic carbocycles. The average molecular weight is 419 g/mol. The topological polar surface area (TPSA) is 75.7 Å². The van der Waals surface area contributed by atoms with Crippen molar-refractivity contribution in [2.75, 3.05) is 20.3 Å². The third-order valence-electron chi connectivity index (χ3n) is 3.98. The normalized spacial score (nSPS) is 20.5. The Morgan fingerprint density at radius 2 is 2.04 bits per heavy atom. The fraction of sp³-hybridized carbons (Fsp3) is 0.562. The minimum atomic E-state index is -3.70. The van der Waals surface area contributed by atoms with Gasteiger partial charge in [0.05, 0.1) is 11.5 Å². The van der Waals surface area contributed by atoms with Crippen LogP contribution in [0.5, 0.6) is 0 Å². The lowest BCUT2D eigenvalue weighted by Crippen LogP contribution is -2.53. The van der Waals surface area contributed by atoms with Gasteiger partial charge in [-0.25, -0.2) is 8.42 Å². The summed E-state index contributed by atoms with van der Waals surface area (Å²) < 4.78 is 33.0. The Labute approximate surface area is 151 Å². The van der Waals surface area contributed by atoms with Crippen LogP contribution in [0.15, 0.2) is 33.6 Å². The fourth-order valence-corrected chi connectivity index (χ4v) is 4.75. The number of sulfonamides is 1. The van der Waals surface area contributed by atoms with E-state index in [1.165, 1.54) is 4.31 Å². The molecule has 1 saturated heterocycles. The number of hydrogen-bond acceptors (Lipinski definition) is 4. The highest BCUT2D eigenvalue weighted by Crippen LogP contribution is 2.26. The third kappa shape index (κ3) is 4.56. The van der Waals surface area contributed by atoms with Crippen molar-refractivity contribution in [3.8, 4) is 0 Å². The van der Waals surface area contributed by atoms with Crippen LogP contribution in [0.4, 0.5) is 0 Å². The first-order chi connectivity index (χ1) is 11.4. The van der Waals surface area contributed by atoms with E-state index in [2.05, 4.69) is 21.2 Å². The molecule has 0 radical (unpaired) electrons. The van der Waals surface area contributed by atoms with Gasteiger partial charge in [-0.05, 0) is 44.0 Å². The summed E-state index contributed by atoms with van der Waals surface area (Å²) in [5, 5.41) is 2.84. The lowest BCUT2D eigenvalue weighted by atomic mass is 10.0. The molecule has 0 bridgehead atoms. The van der Waals surface area contributed by atoms with Crippen LogP contribution in [0, 0.1) is 0 Å². The van der Waals surface area contributed by atoms with Crippen LogP contribution >= 0.6 is 15.9 Å². The van der Waals surface area contributed by atoms with E-state index in [1.807, 2.05) is 6.92 Å². The van der Waals surface area contributed by atoms with Gasteiger partial charge in [-0.2, -0.15) is 4.31 Å². The van der Waals surface area contributed by atoms with E-state index in [4.69, 9.17) is 4.74 Å². The van der Waals surface area contributed by atoms with Crippen molar-refractivity contribution < 1.29 is 17.9 Å². The minimum absolute atomic E-state index is 0.165. The molecule has 1 aliphatic rings. The van der Waals surface area contributed by atoms with Gasteiger partial charge in [-0.1, -0.05) is 22.4 Å². The molecule has 24 heavy (non-hydrogen) atoms. The quantitative estimate of drug-likeness (QED) is 0.767. The number of carbonyl (C=O) groups is 1. The van der Waals surface area contributed by atoms with Gasteiger partial charge in [0, 0.05) is 24.2 Å². The van der Waals surface area contributed by atoms with Crippen LogP contribution in [0.25, 0.3) is 0 Å². The summed E-state index contributed by atoms with van der Waals surface area (Å²) in [6.07, 6.45) is 2.12. The molecular formula is C16H23BrN2O4S. The predicted molar refractivity (Wildman–Crippen MR) is 95.2 cm³/mol. The lowest BCUT2D eigenvalue weighted by Gasteiger charge is -2.34. The van der Waals surface area contributed by atoms with Gasteiger partial charge in [-0.15, -0.1) is 0 Å². The Hall–Kier alpha value is -0.960. The van der Waals surface area contributed by atoms with Crippen molar-refractivity contribution in [2.24, 2.45) is 0 Å². The van der Waals surface area contributed by atoms with Crippen molar-refractivity contribution >= 4 is 31.9 Å². The number of halogens is 1. The Kier molecular flexibility index (Phi) is 6.79. The average Bonchev–Trinajstić information content (AvgIpc) is 2.55. The number of methoxy groups -OCH3 is 1. The highest BCUT2D eigenvalue weighted by molar-refractivity contribution is 9.10. The van der Waals surface area contributed by atoms with Crippen LogP contribution < -0.4 is 5.32 Å². The Morgan fingerprint density at radius 3 is 2.67 bits per heavy atom. The maximum Gasteiger partial charge on any atom is 0.243 e. The monoisotopic (exact) mass is 418 g/mol. The maximum atomic E-state index is 12.9. The smallest absolute Gasteiger partial charge is 0.243 e. The number of carbonyl (C=O) groups excluding carboxylic acids is 1. The predicted octanol–water partition coefficient (Wildman–Crippen LogP) is 2.14. The SMILES string of the molecule is COCC(C)NC(=O)C1CCCCN1S(=O)(=O)c1ccc(Br)cc1. The largest absolute Gasteiger partial charge is 0.383 e. The second-order valence-electron chi connectivity index (χ2n) is 5.95. The summed E-state index contributed by atoms with van der Waals surface area (Å²) in [5.74, 6) is -0.264. The van der Waals surface area contributed by atoms with Crippen molar-refractivity contribution in [1.29, 1.82) is 0 Å². The number of piperidine rings is 1. The molecule has 6 nitrogen and oxygen atoms in total. The molecule has 0 saturated carbocycles. The molecule has 2 unspecified atom stereocenters. The van der Waals surface area contributed by atoms with Crippen LogP contribution in [-0.4, -0.2) is 51.0 Å². The van der Waals surface area contributed by atoms with E-state index in [0.29, 0.717) is 19.6 Å². The summed E-state index contributed by atoms with van der Waals surface area (Å²) in [6.45, 7) is 2.57. The first-order valence-corrected chi connectivity index (χ1v) is 10.2. The second-order valence-corrected chi connectivity index (χ2v) is 8.75. The number of nitrogens with one attached hydrogen (secondary N) is 1. The minimum Gasteiger partial charge on any atom is -0.383 e. The molecule has 1 aliphatic heterocycles. The highest BCUT2D eigenvalue weighted by Gasteiger charge is 2.37. The van der Waals surface area contributed by atoms with E-state index in [1.54, 1.807) is 31.4 Å². The summed E-state index contributed by atoms with van der Waals surface area (Å²) >= 11 is 3.30. The van der Waals surface area contributed by atoms with Crippen molar-refractivity contribution in [3.63, 3.8) is 0 Å². The molecule has 0 spiro atoms. The molecule has 8 heteroatoms. The van der Waals surface area contributed by atoms with Gasteiger partial charge in [0.2, 0.25) is 15.9 Å². The Bertz CT molecular complexity index is 663. The maximum absolute atomic E-state index is 12.9. The van der Waals surface area contributed by atoms with Crippen LogP contribution in [0.3, 0.4) is 0 Å². The summed E-state index contributed by atoms with van der Waals surface area (Å²) in [6, 6.07) is 5.64. The number of amides is 1. The zero-order chi connectivity index (χ0) is 17.7. The van der Waals surface area contributed by atoms with Gasteiger partial charge in [0.25, 0.3) is 0 Å². The lowest BCUT2D eigenvalue weighted by molar-refractivity contribution is -0.126. The van der Waals surface area contributed by atoms with E-state index in [-0.39, 0.29) is 16.8 Å². The standard InChI is InChI=1S/C16H23BrN2O4S/c1-12(11-23-2)18-16(20)15-5-3-4-10-19(15)24(21,22)14-8-6-13(17)7-9-14/h6-9,12,15H,3-5,10-11H2,1-2H3,(H,18,20). The van der Waals surface area contributed by atoms with Gasteiger partial charge >= 0.3 is 0 Å². The number of nitrogens with zero attached hydrogens (tertiary/aromatic N) is 1. The Balaban J connectivity index is 2.22. The molecule has 0 aromatic heterocycles. The van der Waals surface area contributed by atoms with Gasteiger partial charge in [-0.3, -0.25) is 4.79 Å². The van der Waals surface area contributed by atoms with Gasteiger partial charge in [0.1, 0.15) is 6.04 Å². The molecule has 1 aromatic rings. The molecular weight excluding hydrogens is 396 g/mol. The van der Waals surface area contributed by atoms with E-state index in [0.717, 1.165) is 17.3 Å². The summed E-state index contributed by atoms with van der Waals surface area (Å²) in [5.41, 5.74) is 0. The van der Waals surface area contributed by atoms with E-state index < -0.39 is 16.1 Å². The third-order valence-corrected chi connectivity index (χ3v) is 6.43. The zero-order valence-corrected chi connectivity index (χ0v) is 16.3. The first-order valence-electron chi connectivity index (χ1n) is 7.93. The molecule has 0 aliphatic carbocycles. The molecule has 134 valence electrons. The van der Waals surface area contributed by atoms with Crippen molar-refractivity contribution in [3.05, 3.63) is 28.7 Å². The Morgan fingerprint density at radius 1 is 1.38 bits per heavy atom. The summed E-state index contributed by atoms with van der Waals surface area (Å²) in [7, 11) is -2.14. The van der Waals surface area contributed by atoms with Crippen LogP contribution in [0.1, 0.15) is 26.2 Å². The number of hydrogen-bond donors (Lipinski definition) is 1. The molecule has 1 heterocycles. The first kappa shape index (κ1) is 19.4. The number of benzene rings is 1. The van der Waals surface area contributed by atoms with Crippen LogP contribution in [0.2, 0.25) is 0 Å². The van der Waals surface area contributed by atoms with Crippen molar-refractivity contribution in [2.45, 2.75) is 43.2 Å². The summed E-state index contributed by atoms with van der Waals surface area (Å²) in [4.78, 5) is 12.7. The molecule has 1 amide bonds. The molecule has 1 fully saturated rings. The number of rotatable bonds is 6. The second kappa shape index (κ2) is 8.42. The molecule has 2 atom stereocenters. The van der Waals surface area contributed by atoms with E-state index >= 15 is 0 Å². The fourth-order valence-electron chi connectivity index (χ4n) is 2.83. The zero-order valence-electron chi connectivity index (χ0n) is 13.9. The molecule has 2 rings (SSSR count). The van der Waals surface area contributed by atoms with E-state index in [9.17, 15) is 13.2 Å². The van der Waals surface area contributed by atoms with Gasteiger partial charge < -0.3 is 10.1 Å². The van der Waals surface area contributed by atoms with Gasteiger partial charge in [0.15, 0.2) is 0 Å².